The predicted octanol–water partition coefficient (Wildman–Crippen LogP) is 2.06. The fourth-order valence-electron chi connectivity index (χ4n) is 2.51. The number of amides is 2. The zero-order valence-corrected chi connectivity index (χ0v) is 17.6. The van der Waals surface area contributed by atoms with Gasteiger partial charge in [0.05, 0.1) is 18.6 Å². The summed E-state index contributed by atoms with van der Waals surface area (Å²) in [6.07, 6.45) is 0. The van der Waals surface area contributed by atoms with E-state index in [1.54, 1.807) is 37.3 Å². The van der Waals surface area contributed by atoms with Gasteiger partial charge in [-0.1, -0.05) is 6.07 Å². The molecule has 0 bridgehead atoms. The van der Waals surface area contributed by atoms with Crippen LogP contribution in [0.3, 0.4) is 0 Å². The third-order valence-corrected chi connectivity index (χ3v) is 5.34. The Kier molecular flexibility index (Phi) is 7.22. The number of sulfonamides is 1. The first kappa shape index (κ1) is 22.2. The van der Waals surface area contributed by atoms with Crippen molar-refractivity contribution in [2.24, 2.45) is 0 Å². The van der Waals surface area contributed by atoms with Crippen molar-refractivity contribution in [2.75, 3.05) is 18.4 Å². The molecule has 0 fully saturated rings. The van der Waals surface area contributed by atoms with Gasteiger partial charge in [-0.05, 0) is 62.7 Å². The predicted molar refractivity (Wildman–Crippen MR) is 111 cm³/mol. The SMILES string of the molecule is COc1ccc(NS(=O)(=O)c2ccc(C)c(C(=O)NCC(=O)NC(C)C)c2)cc1. The zero-order valence-electron chi connectivity index (χ0n) is 16.8. The van der Waals surface area contributed by atoms with Crippen molar-refractivity contribution in [3.8, 4) is 5.75 Å². The average molecular weight is 420 g/mol. The van der Waals surface area contributed by atoms with E-state index in [0.29, 0.717) is 17.0 Å². The molecule has 9 heteroatoms. The third-order valence-electron chi connectivity index (χ3n) is 3.97. The van der Waals surface area contributed by atoms with Crippen LogP contribution in [0.15, 0.2) is 47.4 Å². The normalized spacial score (nSPS) is 11.1. The lowest BCUT2D eigenvalue weighted by Crippen LogP contribution is -2.40. The Morgan fingerprint density at radius 3 is 2.31 bits per heavy atom. The molecule has 8 nitrogen and oxygen atoms in total. The Bertz CT molecular complexity index is 986. The molecule has 0 saturated heterocycles. The van der Waals surface area contributed by atoms with Gasteiger partial charge < -0.3 is 15.4 Å². The lowest BCUT2D eigenvalue weighted by Gasteiger charge is -2.13. The number of methoxy groups -OCH3 is 1. The third kappa shape index (κ3) is 6.21. The number of hydrogen-bond acceptors (Lipinski definition) is 5. The van der Waals surface area contributed by atoms with Crippen molar-refractivity contribution in [2.45, 2.75) is 31.7 Å². The van der Waals surface area contributed by atoms with Gasteiger partial charge in [-0.3, -0.25) is 14.3 Å². The van der Waals surface area contributed by atoms with Gasteiger partial charge in [0.2, 0.25) is 5.91 Å². The summed E-state index contributed by atoms with van der Waals surface area (Å²) in [7, 11) is -2.38. The summed E-state index contributed by atoms with van der Waals surface area (Å²) in [5.74, 6) is -0.248. The van der Waals surface area contributed by atoms with Crippen molar-refractivity contribution in [3.63, 3.8) is 0 Å². The summed E-state index contributed by atoms with van der Waals surface area (Å²) in [6, 6.07) is 10.6. The smallest absolute Gasteiger partial charge is 0.261 e. The molecule has 2 rings (SSSR count). The quantitative estimate of drug-likeness (QED) is 0.606. The molecule has 0 spiro atoms. The molecule has 0 atom stereocenters. The van der Waals surface area contributed by atoms with Crippen molar-refractivity contribution < 1.29 is 22.7 Å². The molecular weight excluding hydrogens is 394 g/mol. The van der Waals surface area contributed by atoms with E-state index in [-0.39, 0.29) is 29.0 Å². The standard InChI is InChI=1S/C20H25N3O5S/c1-13(2)22-19(24)12-21-20(25)18-11-17(10-5-14(18)3)29(26,27)23-15-6-8-16(28-4)9-7-15/h5-11,13,23H,12H2,1-4H3,(H,21,25)(H,22,24). The highest BCUT2D eigenvalue weighted by Crippen LogP contribution is 2.21. The van der Waals surface area contributed by atoms with Gasteiger partial charge in [-0.2, -0.15) is 0 Å². The maximum atomic E-state index is 12.7. The van der Waals surface area contributed by atoms with Gasteiger partial charge in [0, 0.05) is 17.3 Å². The second-order valence-electron chi connectivity index (χ2n) is 6.72. The van der Waals surface area contributed by atoms with Gasteiger partial charge in [0.25, 0.3) is 15.9 Å². The summed E-state index contributed by atoms with van der Waals surface area (Å²) < 4.78 is 32.9. The molecule has 0 saturated carbocycles. The molecule has 2 aromatic rings. The first-order chi connectivity index (χ1) is 13.6. The van der Waals surface area contributed by atoms with Crippen molar-refractivity contribution >= 4 is 27.5 Å². The van der Waals surface area contributed by atoms with Crippen LogP contribution in [0.2, 0.25) is 0 Å². The van der Waals surface area contributed by atoms with Crippen molar-refractivity contribution in [3.05, 3.63) is 53.6 Å². The maximum Gasteiger partial charge on any atom is 0.261 e. The van der Waals surface area contributed by atoms with Crippen LogP contribution in [0, 0.1) is 6.92 Å². The minimum absolute atomic E-state index is 0.0429. The number of anilines is 1. The monoisotopic (exact) mass is 419 g/mol. The van der Waals surface area contributed by atoms with Gasteiger partial charge in [-0.15, -0.1) is 0 Å². The Morgan fingerprint density at radius 2 is 1.72 bits per heavy atom. The highest BCUT2D eigenvalue weighted by atomic mass is 32.2. The van der Waals surface area contributed by atoms with Gasteiger partial charge >= 0.3 is 0 Å². The van der Waals surface area contributed by atoms with Crippen LogP contribution in [0.5, 0.6) is 5.75 Å². The van der Waals surface area contributed by atoms with Crippen LogP contribution in [-0.2, 0) is 14.8 Å². The number of benzene rings is 2. The summed E-state index contributed by atoms with van der Waals surface area (Å²) in [5.41, 5.74) is 1.14. The summed E-state index contributed by atoms with van der Waals surface area (Å²) >= 11 is 0. The fraction of sp³-hybridized carbons (Fsp3) is 0.300. The zero-order chi connectivity index (χ0) is 21.6. The maximum absolute atomic E-state index is 12.7. The number of carbonyl (C=O) groups excluding carboxylic acids is 2. The molecule has 0 aliphatic rings. The Labute approximate surface area is 170 Å². The molecular formula is C20H25N3O5S. The fourth-order valence-corrected chi connectivity index (χ4v) is 3.60. The lowest BCUT2D eigenvalue weighted by molar-refractivity contribution is -0.120. The van der Waals surface area contributed by atoms with E-state index < -0.39 is 15.9 Å². The minimum atomic E-state index is -3.90. The van der Waals surface area contributed by atoms with E-state index >= 15 is 0 Å². The summed E-state index contributed by atoms with van der Waals surface area (Å²) in [6.45, 7) is 5.12. The molecule has 3 N–H and O–H groups in total. The summed E-state index contributed by atoms with van der Waals surface area (Å²) in [4.78, 5) is 24.1. The molecule has 2 aromatic carbocycles. The molecule has 0 aliphatic carbocycles. The minimum Gasteiger partial charge on any atom is -0.497 e. The second-order valence-corrected chi connectivity index (χ2v) is 8.40. The first-order valence-electron chi connectivity index (χ1n) is 8.97. The van der Waals surface area contributed by atoms with Gasteiger partial charge in [0.1, 0.15) is 5.75 Å². The van der Waals surface area contributed by atoms with E-state index in [0.717, 1.165) is 0 Å². The van der Waals surface area contributed by atoms with Crippen molar-refractivity contribution in [1.29, 1.82) is 0 Å². The number of aryl methyl sites for hydroxylation is 1. The van der Waals surface area contributed by atoms with E-state index in [1.807, 2.05) is 13.8 Å². The van der Waals surface area contributed by atoms with Crippen LogP contribution >= 0.6 is 0 Å². The highest BCUT2D eigenvalue weighted by Gasteiger charge is 2.19. The number of nitrogens with one attached hydrogen (secondary N) is 3. The van der Waals surface area contributed by atoms with Crippen molar-refractivity contribution in [1.82, 2.24) is 10.6 Å². The molecule has 29 heavy (non-hydrogen) atoms. The molecule has 2 amide bonds. The Balaban J connectivity index is 2.17. The average Bonchev–Trinajstić information content (AvgIpc) is 2.66. The number of hydrogen-bond donors (Lipinski definition) is 3. The van der Waals surface area contributed by atoms with Crippen LogP contribution in [-0.4, -0.2) is 39.9 Å². The summed E-state index contributed by atoms with van der Waals surface area (Å²) in [5, 5.41) is 5.17. The number of ether oxygens (including phenoxy) is 1. The molecule has 0 aliphatic heterocycles. The van der Waals surface area contributed by atoms with Gasteiger partial charge in [0.15, 0.2) is 0 Å². The molecule has 0 aromatic heterocycles. The molecule has 0 heterocycles. The van der Waals surface area contributed by atoms with E-state index in [9.17, 15) is 18.0 Å². The lowest BCUT2D eigenvalue weighted by atomic mass is 10.1. The highest BCUT2D eigenvalue weighted by molar-refractivity contribution is 7.92. The topological polar surface area (TPSA) is 114 Å². The Hall–Kier alpha value is -3.07. The number of rotatable bonds is 8. The van der Waals surface area contributed by atoms with Crippen LogP contribution in [0.4, 0.5) is 5.69 Å². The molecule has 0 unspecified atom stereocenters. The first-order valence-corrected chi connectivity index (χ1v) is 10.5. The number of carbonyl (C=O) groups is 2. The Morgan fingerprint density at radius 1 is 1.07 bits per heavy atom. The van der Waals surface area contributed by atoms with Gasteiger partial charge in [-0.25, -0.2) is 8.42 Å². The van der Waals surface area contributed by atoms with E-state index in [1.165, 1.54) is 19.2 Å². The molecule has 156 valence electrons. The van der Waals surface area contributed by atoms with E-state index in [4.69, 9.17) is 4.74 Å². The van der Waals surface area contributed by atoms with Crippen LogP contribution < -0.4 is 20.1 Å². The molecule has 0 radical (unpaired) electrons. The van der Waals surface area contributed by atoms with E-state index in [2.05, 4.69) is 15.4 Å². The second kappa shape index (κ2) is 9.42. The van der Waals surface area contributed by atoms with Crippen LogP contribution in [0.1, 0.15) is 29.8 Å². The largest absolute Gasteiger partial charge is 0.497 e. The van der Waals surface area contributed by atoms with Crippen LogP contribution in [0.25, 0.3) is 0 Å².